The highest BCUT2D eigenvalue weighted by Gasteiger charge is 2.33. The summed E-state index contributed by atoms with van der Waals surface area (Å²) in [5.41, 5.74) is -0.967. The zero-order valence-electron chi connectivity index (χ0n) is 16.6. The molecule has 1 aromatic carbocycles. The standard InChI is InChI=1S/C19H16ClF3N6O2S/c1-9(28-16(30)13-6-15(24-2)27-8-26-13)18-25-7-14(32-18)17(31)29-10-3-4-12(20)11(5-10)19(21,22)23/h3-9H,1-2H3,(H,28,30)(H,29,31)(H,24,26,27). The molecule has 2 heterocycles. The van der Waals surface area contributed by atoms with E-state index in [0.29, 0.717) is 10.8 Å². The van der Waals surface area contributed by atoms with Gasteiger partial charge in [-0.2, -0.15) is 13.2 Å². The van der Waals surface area contributed by atoms with E-state index in [1.807, 2.05) is 0 Å². The van der Waals surface area contributed by atoms with Gasteiger partial charge in [-0.05, 0) is 25.1 Å². The van der Waals surface area contributed by atoms with E-state index in [9.17, 15) is 22.8 Å². The molecular formula is C19H16ClF3N6O2S. The number of carbonyl (C=O) groups excluding carboxylic acids is 2. The third-order valence-electron chi connectivity index (χ3n) is 4.15. The monoisotopic (exact) mass is 484 g/mol. The van der Waals surface area contributed by atoms with Crippen molar-refractivity contribution in [2.45, 2.75) is 19.1 Å². The van der Waals surface area contributed by atoms with Crippen LogP contribution in [0.15, 0.2) is 36.8 Å². The Morgan fingerprint density at radius 3 is 2.56 bits per heavy atom. The minimum atomic E-state index is -4.65. The number of hydrogen-bond donors (Lipinski definition) is 3. The molecule has 13 heteroatoms. The first kappa shape index (κ1) is 23.4. The number of halogens is 4. The van der Waals surface area contributed by atoms with Crippen LogP contribution in [0.1, 0.15) is 43.7 Å². The van der Waals surface area contributed by atoms with Crippen LogP contribution in [0.2, 0.25) is 5.02 Å². The average molecular weight is 485 g/mol. The Bertz CT molecular complexity index is 1150. The Kier molecular flexibility index (Phi) is 6.94. The summed E-state index contributed by atoms with van der Waals surface area (Å²) in [5.74, 6) is -0.627. The van der Waals surface area contributed by atoms with Gasteiger partial charge in [0.2, 0.25) is 0 Å². The van der Waals surface area contributed by atoms with Crippen molar-refractivity contribution in [3.05, 3.63) is 63.0 Å². The van der Waals surface area contributed by atoms with E-state index in [1.165, 1.54) is 24.7 Å². The summed E-state index contributed by atoms with van der Waals surface area (Å²) in [6.45, 7) is 1.67. The minimum absolute atomic E-state index is 0.0628. The lowest BCUT2D eigenvalue weighted by Gasteiger charge is -2.11. The number of nitrogens with zero attached hydrogens (tertiary/aromatic N) is 3. The fourth-order valence-electron chi connectivity index (χ4n) is 2.56. The van der Waals surface area contributed by atoms with Gasteiger partial charge in [0.1, 0.15) is 27.7 Å². The lowest BCUT2D eigenvalue weighted by atomic mass is 10.2. The van der Waals surface area contributed by atoms with E-state index in [-0.39, 0.29) is 16.3 Å². The number of alkyl halides is 3. The van der Waals surface area contributed by atoms with Crippen molar-refractivity contribution in [2.75, 3.05) is 17.7 Å². The molecule has 2 aromatic heterocycles. The van der Waals surface area contributed by atoms with Crippen LogP contribution in [-0.2, 0) is 6.18 Å². The van der Waals surface area contributed by atoms with E-state index in [0.717, 1.165) is 23.5 Å². The van der Waals surface area contributed by atoms with Crippen LogP contribution in [0, 0.1) is 0 Å². The van der Waals surface area contributed by atoms with Crippen molar-refractivity contribution < 1.29 is 22.8 Å². The van der Waals surface area contributed by atoms with Crippen molar-refractivity contribution in [3.63, 3.8) is 0 Å². The SMILES string of the molecule is CNc1cc(C(=O)NC(C)c2ncc(C(=O)Nc3ccc(Cl)c(C(F)(F)F)c3)s2)ncn1. The number of thiazole rings is 1. The van der Waals surface area contributed by atoms with E-state index in [2.05, 4.69) is 30.9 Å². The molecule has 0 aliphatic carbocycles. The number of hydrogen-bond acceptors (Lipinski definition) is 7. The maximum atomic E-state index is 13.0. The van der Waals surface area contributed by atoms with Crippen molar-refractivity contribution >= 4 is 46.3 Å². The molecule has 1 unspecified atom stereocenters. The average Bonchev–Trinajstić information content (AvgIpc) is 3.25. The molecule has 32 heavy (non-hydrogen) atoms. The van der Waals surface area contributed by atoms with Gasteiger partial charge in [-0.15, -0.1) is 11.3 Å². The highest BCUT2D eigenvalue weighted by Crippen LogP contribution is 2.36. The summed E-state index contributed by atoms with van der Waals surface area (Å²) in [5, 5.41) is 7.87. The van der Waals surface area contributed by atoms with E-state index >= 15 is 0 Å². The Labute approximate surface area is 189 Å². The van der Waals surface area contributed by atoms with Crippen molar-refractivity contribution in [2.24, 2.45) is 0 Å². The molecule has 0 bridgehead atoms. The minimum Gasteiger partial charge on any atom is -0.373 e. The smallest absolute Gasteiger partial charge is 0.373 e. The van der Waals surface area contributed by atoms with Gasteiger partial charge in [-0.25, -0.2) is 15.0 Å². The molecule has 0 aliphatic heterocycles. The molecule has 0 aliphatic rings. The molecule has 3 rings (SSSR count). The normalized spacial score (nSPS) is 12.2. The number of nitrogens with one attached hydrogen (secondary N) is 3. The lowest BCUT2D eigenvalue weighted by molar-refractivity contribution is -0.137. The molecule has 0 saturated carbocycles. The fourth-order valence-corrected chi connectivity index (χ4v) is 3.60. The van der Waals surface area contributed by atoms with Crippen molar-refractivity contribution in [1.29, 1.82) is 0 Å². The summed E-state index contributed by atoms with van der Waals surface area (Å²) in [4.78, 5) is 37.0. The first-order valence-corrected chi connectivity index (χ1v) is 10.2. The third-order valence-corrected chi connectivity index (χ3v) is 5.66. The second-order valence-corrected chi connectivity index (χ2v) is 7.91. The van der Waals surface area contributed by atoms with Crippen molar-refractivity contribution in [1.82, 2.24) is 20.3 Å². The second kappa shape index (κ2) is 9.49. The van der Waals surface area contributed by atoms with Crippen LogP contribution >= 0.6 is 22.9 Å². The molecule has 0 fully saturated rings. The predicted octanol–water partition coefficient (Wildman–Crippen LogP) is 4.39. The van der Waals surface area contributed by atoms with E-state index in [1.54, 1.807) is 14.0 Å². The third kappa shape index (κ3) is 5.51. The Balaban J connectivity index is 1.68. The molecule has 2 amide bonds. The molecular weight excluding hydrogens is 469 g/mol. The van der Waals surface area contributed by atoms with Gasteiger partial charge in [0.25, 0.3) is 11.8 Å². The number of amides is 2. The number of carbonyl (C=O) groups is 2. The maximum absolute atomic E-state index is 13.0. The number of rotatable bonds is 6. The highest BCUT2D eigenvalue weighted by atomic mass is 35.5. The summed E-state index contributed by atoms with van der Waals surface area (Å²) < 4.78 is 39.0. The quantitative estimate of drug-likeness (QED) is 0.479. The zero-order valence-corrected chi connectivity index (χ0v) is 18.2. The predicted molar refractivity (Wildman–Crippen MR) is 114 cm³/mol. The molecule has 3 N–H and O–H groups in total. The summed E-state index contributed by atoms with van der Waals surface area (Å²) in [6.07, 6.45) is -2.12. The molecule has 168 valence electrons. The van der Waals surface area contributed by atoms with Gasteiger partial charge in [0.15, 0.2) is 0 Å². The summed E-state index contributed by atoms with van der Waals surface area (Å²) in [7, 11) is 1.66. The highest BCUT2D eigenvalue weighted by molar-refractivity contribution is 7.13. The Hall–Kier alpha value is -3.25. The first-order valence-electron chi connectivity index (χ1n) is 9.03. The van der Waals surface area contributed by atoms with Gasteiger partial charge in [0.05, 0.1) is 22.8 Å². The Morgan fingerprint density at radius 2 is 1.88 bits per heavy atom. The van der Waals surface area contributed by atoms with E-state index < -0.39 is 34.6 Å². The first-order chi connectivity index (χ1) is 15.1. The van der Waals surface area contributed by atoms with Gasteiger partial charge in [-0.3, -0.25) is 9.59 Å². The van der Waals surface area contributed by atoms with Gasteiger partial charge < -0.3 is 16.0 Å². The molecule has 0 radical (unpaired) electrons. The molecule has 1 atom stereocenters. The van der Waals surface area contributed by atoms with Crippen LogP contribution in [0.3, 0.4) is 0 Å². The lowest BCUT2D eigenvalue weighted by Crippen LogP contribution is -2.27. The molecule has 0 spiro atoms. The fraction of sp³-hybridized carbons (Fsp3) is 0.211. The van der Waals surface area contributed by atoms with Crippen LogP contribution in [-0.4, -0.2) is 33.8 Å². The maximum Gasteiger partial charge on any atom is 0.417 e. The summed E-state index contributed by atoms with van der Waals surface area (Å²) in [6, 6.07) is 4.01. The molecule has 3 aromatic rings. The second-order valence-electron chi connectivity index (χ2n) is 6.44. The summed E-state index contributed by atoms with van der Waals surface area (Å²) >= 11 is 6.58. The van der Waals surface area contributed by atoms with Crippen LogP contribution in [0.5, 0.6) is 0 Å². The van der Waals surface area contributed by atoms with Gasteiger partial charge in [-0.1, -0.05) is 11.6 Å². The van der Waals surface area contributed by atoms with Crippen LogP contribution in [0.4, 0.5) is 24.7 Å². The van der Waals surface area contributed by atoms with Crippen molar-refractivity contribution in [3.8, 4) is 0 Å². The van der Waals surface area contributed by atoms with Gasteiger partial charge >= 0.3 is 6.18 Å². The number of aromatic nitrogens is 3. The number of anilines is 2. The topological polar surface area (TPSA) is 109 Å². The van der Waals surface area contributed by atoms with Crippen LogP contribution in [0.25, 0.3) is 0 Å². The zero-order chi connectivity index (χ0) is 23.5. The molecule has 0 saturated heterocycles. The largest absolute Gasteiger partial charge is 0.417 e. The van der Waals surface area contributed by atoms with E-state index in [4.69, 9.17) is 11.6 Å². The number of benzene rings is 1. The van der Waals surface area contributed by atoms with Crippen LogP contribution < -0.4 is 16.0 Å². The Morgan fingerprint density at radius 1 is 1.12 bits per heavy atom. The molecule has 8 nitrogen and oxygen atoms in total. The van der Waals surface area contributed by atoms with Gasteiger partial charge in [0, 0.05) is 18.8 Å².